The second-order valence-electron chi connectivity index (χ2n) is 4.87. The Morgan fingerprint density at radius 3 is 2.90 bits per heavy atom. The minimum absolute atomic E-state index is 0.186. The van der Waals surface area contributed by atoms with Crippen molar-refractivity contribution in [3.63, 3.8) is 0 Å². The molecule has 2 rings (SSSR count). The van der Waals surface area contributed by atoms with Crippen molar-refractivity contribution in [3.8, 4) is 6.07 Å². The Bertz CT molecular complexity index is 664. The van der Waals surface area contributed by atoms with Gasteiger partial charge in [-0.05, 0) is 31.0 Å². The Morgan fingerprint density at radius 2 is 2.19 bits per heavy atom. The van der Waals surface area contributed by atoms with Crippen LogP contribution in [0.2, 0.25) is 0 Å². The lowest BCUT2D eigenvalue weighted by atomic mass is 10.1. The monoisotopic (exact) mass is 307 g/mol. The van der Waals surface area contributed by atoms with E-state index in [1.165, 1.54) is 10.4 Å². The lowest BCUT2D eigenvalue weighted by Crippen LogP contribution is -2.42. The van der Waals surface area contributed by atoms with Crippen LogP contribution in [-0.2, 0) is 10.0 Å². The Labute approximate surface area is 124 Å². The first kappa shape index (κ1) is 15.5. The Hall–Kier alpha value is -1.91. The summed E-state index contributed by atoms with van der Waals surface area (Å²) in [5.74, 6) is -0.118. The van der Waals surface area contributed by atoms with E-state index in [1.54, 1.807) is 18.2 Å². The number of carbonyl (C=O) groups excluding carboxylic acids is 1. The molecule has 1 heterocycles. The van der Waals surface area contributed by atoms with Crippen molar-refractivity contribution >= 4 is 15.9 Å². The summed E-state index contributed by atoms with van der Waals surface area (Å²) in [5.41, 5.74) is 0.816. The first-order valence-electron chi connectivity index (χ1n) is 6.79. The Balaban J connectivity index is 1.88. The summed E-state index contributed by atoms with van der Waals surface area (Å²) >= 11 is 0. The molecule has 112 valence electrons. The van der Waals surface area contributed by atoms with Crippen molar-refractivity contribution in [1.82, 2.24) is 9.62 Å². The third-order valence-electron chi connectivity index (χ3n) is 3.35. The molecule has 1 N–H and O–H groups in total. The minimum Gasteiger partial charge on any atom is -0.351 e. The molecule has 1 aliphatic rings. The smallest absolute Gasteiger partial charge is 0.251 e. The first-order valence-corrected chi connectivity index (χ1v) is 8.40. The summed E-state index contributed by atoms with van der Waals surface area (Å²) in [5, 5.41) is 11.5. The van der Waals surface area contributed by atoms with Gasteiger partial charge in [-0.15, -0.1) is 0 Å². The van der Waals surface area contributed by atoms with Crippen LogP contribution in [0.15, 0.2) is 24.3 Å². The maximum Gasteiger partial charge on any atom is 0.251 e. The molecule has 6 nitrogen and oxygen atoms in total. The molecule has 1 amide bonds. The molecule has 1 aromatic rings. The lowest BCUT2D eigenvalue weighted by molar-refractivity contribution is 0.0951. The van der Waals surface area contributed by atoms with Gasteiger partial charge in [0.15, 0.2) is 0 Å². The van der Waals surface area contributed by atoms with Crippen molar-refractivity contribution < 1.29 is 13.2 Å². The number of carbonyl (C=O) groups is 1. The van der Waals surface area contributed by atoms with E-state index < -0.39 is 10.0 Å². The summed E-state index contributed by atoms with van der Waals surface area (Å²) in [7, 11) is -3.16. The summed E-state index contributed by atoms with van der Waals surface area (Å²) in [6, 6.07) is 8.36. The van der Waals surface area contributed by atoms with E-state index in [2.05, 4.69) is 5.32 Å². The quantitative estimate of drug-likeness (QED) is 0.887. The number of hydrogen-bond donors (Lipinski definition) is 1. The van der Waals surface area contributed by atoms with Gasteiger partial charge in [-0.1, -0.05) is 6.07 Å². The number of nitriles is 1. The van der Waals surface area contributed by atoms with Crippen LogP contribution in [0.4, 0.5) is 0 Å². The van der Waals surface area contributed by atoms with E-state index in [1.807, 2.05) is 6.07 Å². The second kappa shape index (κ2) is 6.70. The topological polar surface area (TPSA) is 90.3 Å². The number of hydrogen-bond acceptors (Lipinski definition) is 4. The van der Waals surface area contributed by atoms with Crippen molar-refractivity contribution in [2.45, 2.75) is 12.8 Å². The highest BCUT2D eigenvalue weighted by atomic mass is 32.2. The molecule has 0 unspecified atom stereocenters. The third kappa shape index (κ3) is 4.03. The van der Waals surface area contributed by atoms with Crippen LogP contribution >= 0.6 is 0 Å². The van der Waals surface area contributed by atoms with Gasteiger partial charge >= 0.3 is 0 Å². The van der Waals surface area contributed by atoms with E-state index in [4.69, 9.17) is 5.26 Å². The largest absolute Gasteiger partial charge is 0.351 e. The fraction of sp³-hybridized carbons (Fsp3) is 0.429. The Morgan fingerprint density at radius 1 is 1.38 bits per heavy atom. The van der Waals surface area contributed by atoms with Crippen LogP contribution in [-0.4, -0.2) is 44.0 Å². The predicted octanol–water partition coefficient (Wildman–Crippen LogP) is 0.714. The summed E-state index contributed by atoms with van der Waals surface area (Å²) in [4.78, 5) is 11.9. The second-order valence-corrected chi connectivity index (χ2v) is 6.96. The van der Waals surface area contributed by atoms with E-state index in [0.29, 0.717) is 24.1 Å². The summed E-state index contributed by atoms with van der Waals surface area (Å²) in [6.07, 6.45) is 1.56. The Kier molecular flexibility index (Phi) is 4.94. The fourth-order valence-corrected chi connectivity index (χ4v) is 3.82. The van der Waals surface area contributed by atoms with Gasteiger partial charge in [0, 0.05) is 25.2 Å². The zero-order chi connectivity index (χ0) is 15.3. The standard InChI is InChI=1S/C14H17N3O3S/c15-11-12-4-3-5-13(10-12)14(18)16-6-8-17-7-1-2-9-21(17,19)20/h3-5,10H,1-2,6-9H2,(H,16,18). The van der Waals surface area contributed by atoms with E-state index in [-0.39, 0.29) is 24.7 Å². The third-order valence-corrected chi connectivity index (χ3v) is 5.31. The SMILES string of the molecule is N#Cc1cccc(C(=O)NCCN2CCCCS2(=O)=O)c1. The van der Waals surface area contributed by atoms with Crippen LogP contribution in [0.1, 0.15) is 28.8 Å². The molecule has 7 heteroatoms. The van der Waals surface area contributed by atoms with Gasteiger partial charge in [0.25, 0.3) is 5.91 Å². The van der Waals surface area contributed by atoms with Crippen LogP contribution in [0.3, 0.4) is 0 Å². The van der Waals surface area contributed by atoms with Crippen molar-refractivity contribution in [2.24, 2.45) is 0 Å². The number of benzene rings is 1. The van der Waals surface area contributed by atoms with Gasteiger partial charge < -0.3 is 5.32 Å². The highest BCUT2D eigenvalue weighted by molar-refractivity contribution is 7.89. The molecule has 1 aliphatic heterocycles. The average Bonchev–Trinajstić information content (AvgIpc) is 2.48. The molecule has 0 aliphatic carbocycles. The number of nitrogens with zero attached hydrogens (tertiary/aromatic N) is 2. The average molecular weight is 307 g/mol. The number of sulfonamides is 1. The maximum absolute atomic E-state index is 11.9. The van der Waals surface area contributed by atoms with Gasteiger partial charge in [-0.25, -0.2) is 12.7 Å². The van der Waals surface area contributed by atoms with Crippen LogP contribution in [0.5, 0.6) is 0 Å². The number of rotatable bonds is 4. The molecule has 1 fully saturated rings. The molecule has 0 bridgehead atoms. The van der Waals surface area contributed by atoms with Crippen molar-refractivity contribution in [1.29, 1.82) is 5.26 Å². The molecule has 0 atom stereocenters. The highest BCUT2D eigenvalue weighted by Gasteiger charge is 2.25. The number of amides is 1. The van der Waals surface area contributed by atoms with Crippen LogP contribution in [0.25, 0.3) is 0 Å². The molecule has 0 saturated carbocycles. The van der Waals surface area contributed by atoms with Crippen LogP contribution < -0.4 is 5.32 Å². The zero-order valence-corrected chi connectivity index (χ0v) is 12.4. The number of nitrogens with one attached hydrogen (secondary N) is 1. The van der Waals surface area contributed by atoms with Gasteiger partial charge in [0.05, 0.1) is 17.4 Å². The van der Waals surface area contributed by atoms with Gasteiger partial charge in [-0.2, -0.15) is 5.26 Å². The molecule has 1 aromatic carbocycles. The molecule has 0 radical (unpaired) electrons. The van der Waals surface area contributed by atoms with Gasteiger partial charge in [0.1, 0.15) is 0 Å². The first-order chi connectivity index (χ1) is 10.0. The van der Waals surface area contributed by atoms with Crippen LogP contribution in [0, 0.1) is 11.3 Å². The lowest BCUT2D eigenvalue weighted by Gasteiger charge is -2.26. The fourth-order valence-electron chi connectivity index (χ4n) is 2.22. The van der Waals surface area contributed by atoms with E-state index in [9.17, 15) is 13.2 Å². The molecule has 1 saturated heterocycles. The molecule has 0 spiro atoms. The molecular weight excluding hydrogens is 290 g/mol. The zero-order valence-electron chi connectivity index (χ0n) is 11.6. The summed E-state index contributed by atoms with van der Waals surface area (Å²) in [6.45, 7) is 1.06. The highest BCUT2D eigenvalue weighted by Crippen LogP contribution is 2.12. The molecule has 0 aromatic heterocycles. The summed E-state index contributed by atoms with van der Waals surface area (Å²) < 4.78 is 25.0. The van der Waals surface area contributed by atoms with E-state index >= 15 is 0 Å². The molecule has 21 heavy (non-hydrogen) atoms. The van der Waals surface area contributed by atoms with E-state index in [0.717, 1.165) is 6.42 Å². The van der Waals surface area contributed by atoms with Crippen molar-refractivity contribution in [2.75, 3.05) is 25.4 Å². The maximum atomic E-state index is 11.9. The normalized spacial score (nSPS) is 17.9. The minimum atomic E-state index is -3.16. The van der Waals surface area contributed by atoms with Gasteiger partial charge in [0.2, 0.25) is 10.0 Å². The van der Waals surface area contributed by atoms with Gasteiger partial charge in [-0.3, -0.25) is 4.79 Å². The van der Waals surface area contributed by atoms with Crippen molar-refractivity contribution in [3.05, 3.63) is 35.4 Å². The molecular formula is C14H17N3O3S. The predicted molar refractivity (Wildman–Crippen MR) is 78.1 cm³/mol.